The molecule has 0 amide bonds. The molecule has 2 heterocycles. The molecule has 25 heavy (non-hydrogen) atoms. The van der Waals surface area contributed by atoms with Crippen molar-refractivity contribution in [3.05, 3.63) is 54.2 Å². The molecule has 4 rings (SSSR count). The fourth-order valence-corrected chi connectivity index (χ4v) is 3.03. The minimum absolute atomic E-state index is 0.0410. The third-order valence-corrected chi connectivity index (χ3v) is 4.05. The molecular formula is C17H12F3N5. The van der Waals surface area contributed by atoms with Crippen LogP contribution in [0.25, 0.3) is 27.5 Å². The minimum atomic E-state index is -4.46. The van der Waals surface area contributed by atoms with E-state index in [0.717, 1.165) is 6.07 Å². The van der Waals surface area contributed by atoms with Crippen molar-refractivity contribution in [1.82, 2.24) is 14.5 Å². The number of hydrogen-bond acceptors (Lipinski definition) is 4. The number of nitrogen functional groups attached to an aromatic ring is 2. The Labute approximate surface area is 139 Å². The molecule has 8 heteroatoms. The molecule has 5 nitrogen and oxygen atoms in total. The molecule has 0 aliphatic rings. The van der Waals surface area contributed by atoms with Crippen molar-refractivity contribution in [3.63, 3.8) is 0 Å². The number of benzene rings is 2. The van der Waals surface area contributed by atoms with E-state index in [1.54, 1.807) is 30.5 Å². The zero-order valence-electron chi connectivity index (χ0n) is 12.7. The van der Waals surface area contributed by atoms with E-state index in [-0.39, 0.29) is 17.5 Å². The number of nitrogens with two attached hydrogens (primary N) is 2. The average Bonchev–Trinajstić information content (AvgIpc) is 2.97. The molecular weight excluding hydrogens is 331 g/mol. The molecule has 126 valence electrons. The number of aromatic nitrogens is 3. The molecule has 0 saturated carbocycles. The second-order valence-corrected chi connectivity index (χ2v) is 5.56. The highest BCUT2D eigenvalue weighted by atomic mass is 19.4. The normalized spacial score (nSPS) is 12.1. The Bertz CT molecular complexity index is 1110. The Kier molecular flexibility index (Phi) is 3.11. The summed E-state index contributed by atoms with van der Waals surface area (Å²) in [6.07, 6.45) is -2.88. The maximum Gasteiger partial charge on any atom is 0.418 e. The van der Waals surface area contributed by atoms with Gasteiger partial charge in [-0.25, -0.2) is 4.98 Å². The first-order valence-electron chi connectivity index (χ1n) is 7.35. The molecule has 0 radical (unpaired) electrons. The van der Waals surface area contributed by atoms with E-state index < -0.39 is 11.7 Å². The van der Waals surface area contributed by atoms with Crippen LogP contribution in [0.15, 0.2) is 48.7 Å². The molecule has 0 bridgehead atoms. The van der Waals surface area contributed by atoms with Crippen molar-refractivity contribution in [2.45, 2.75) is 6.18 Å². The van der Waals surface area contributed by atoms with Gasteiger partial charge in [-0.15, -0.1) is 0 Å². The highest BCUT2D eigenvalue weighted by Crippen LogP contribution is 2.36. The number of hydrogen-bond donors (Lipinski definition) is 2. The molecule has 2 aromatic carbocycles. The number of rotatable bonds is 1. The van der Waals surface area contributed by atoms with Crippen molar-refractivity contribution in [3.8, 4) is 5.69 Å². The molecule has 4 N–H and O–H groups in total. The largest absolute Gasteiger partial charge is 0.418 e. The van der Waals surface area contributed by atoms with Crippen LogP contribution < -0.4 is 11.5 Å². The molecule has 0 atom stereocenters. The van der Waals surface area contributed by atoms with Gasteiger partial charge in [0, 0.05) is 11.6 Å². The Morgan fingerprint density at radius 1 is 0.920 bits per heavy atom. The fourth-order valence-electron chi connectivity index (χ4n) is 3.03. The monoisotopic (exact) mass is 343 g/mol. The van der Waals surface area contributed by atoms with Crippen LogP contribution >= 0.6 is 0 Å². The Hall–Kier alpha value is -3.29. The lowest BCUT2D eigenvalue weighted by atomic mass is 10.1. The predicted octanol–water partition coefficient (Wildman–Crippen LogP) is 3.76. The van der Waals surface area contributed by atoms with E-state index in [4.69, 9.17) is 11.5 Å². The van der Waals surface area contributed by atoms with Crippen LogP contribution in [0.4, 0.5) is 24.9 Å². The van der Waals surface area contributed by atoms with E-state index >= 15 is 0 Å². The highest BCUT2D eigenvalue weighted by molar-refractivity contribution is 6.10. The Morgan fingerprint density at radius 2 is 1.68 bits per heavy atom. The Balaban J connectivity index is 2.05. The summed E-state index contributed by atoms with van der Waals surface area (Å²) < 4.78 is 41.5. The summed E-state index contributed by atoms with van der Waals surface area (Å²) in [4.78, 5) is 8.07. The first-order chi connectivity index (χ1) is 11.9. The quantitative estimate of drug-likeness (QED) is 0.551. The van der Waals surface area contributed by atoms with Gasteiger partial charge in [-0.2, -0.15) is 18.2 Å². The van der Waals surface area contributed by atoms with Gasteiger partial charge >= 0.3 is 6.18 Å². The third-order valence-electron chi connectivity index (χ3n) is 4.05. The summed E-state index contributed by atoms with van der Waals surface area (Å²) in [5, 5.41) is 1.22. The van der Waals surface area contributed by atoms with Crippen molar-refractivity contribution in [2.75, 3.05) is 11.5 Å². The summed E-state index contributed by atoms with van der Waals surface area (Å²) in [6, 6.07) is 10.5. The highest BCUT2D eigenvalue weighted by Gasteiger charge is 2.33. The van der Waals surface area contributed by atoms with Crippen molar-refractivity contribution in [1.29, 1.82) is 0 Å². The first kappa shape index (κ1) is 15.3. The summed E-state index contributed by atoms with van der Waals surface area (Å²) >= 11 is 0. The molecule has 0 aliphatic carbocycles. The van der Waals surface area contributed by atoms with Crippen LogP contribution in [0.5, 0.6) is 0 Å². The van der Waals surface area contributed by atoms with Crippen LogP contribution in [0.1, 0.15) is 5.56 Å². The average molecular weight is 343 g/mol. The molecule has 2 aromatic heterocycles. The number of halogens is 3. The van der Waals surface area contributed by atoms with Crippen molar-refractivity contribution < 1.29 is 13.2 Å². The summed E-state index contributed by atoms with van der Waals surface area (Å²) in [7, 11) is 0. The molecule has 0 aliphatic heterocycles. The predicted molar refractivity (Wildman–Crippen MR) is 90.2 cm³/mol. The molecule has 0 saturated heterocycles. The minimum Gasteiger partial charge on any atom is -0.383 e. The van der Waals surface area contributed by atoms with Gasteiger partial charge in [-0.3, -0.25) is 0 Å². The summed E-state index contributed by atoms with van der Waals surface area (Å²) in [5.41, 5.74) is 12.0. The van der Waals surface area contributed by atoms with Gasteiger partial charge in [0.1, 0.15) is 5.82 Å². The van der Waals surface area contributed by atoms with Crippen LogP contribution in [-0.2, 0) is 6.18 Å². The van der Waals surface area contributed by atoms with E-state index in [2.05, 4.69) is 9.97 Å². The number of fused-ring (bicyclic) bond motifs is 3. The van der Waals surface area contributed by atoms with Crippen LogP contribution in [-0.4, -0.2) is 14.5 Å². The zero-order valence-corrected chi connectivity index (χ0v) is 12.7. The van der Waals surface area contributed by atoms with E-state index in [9.17, 15) is 13.2 Å². The smallest absolute Gasteiger partial charge is 0.383 e. The summed E-state index contributed by atoms with van der Waals surface area (Å²) in [6.45, 7) is 0. The fraction of sp³-hybridized carbons (Fsp3) is 0.0588. The number of para-hydroxylation sites is 1. The lowest BCUT2D eigenvalue weighted by Crippen LogP contribution is -2.10. The maximum atomic E-state index is 13.3. The van der Waals surface area contributed by atoms with Gasteiger partial charge in [-0.05, 0) is 30.3 Å². The third kappa shape index (κ3) is 2.34. The van der Waals surface area contributed by atoms with Gasteiger partial charge in [0.15, 0.2) is 0 Å². The SMILES string of the molecule is Nc1nc(N)c2c(ccc3c2ccn3-c2ccccc2C(F)(F)F)n1. The van der Waals surface area contributed by atoms with E-state index in [1.165, 1.54) is 16.7 Å². The summed E-state index contributed by atoms with van der Waals surface area (Å²) in [5.74, 6) is 0.237. The lowest BCUT2D eigenvalue weighted by Gasteiger charge is -2.14. The van der Waals surface area contributed by atoms with E-state index in [0.29, 0.717) is 21.8 Å². The van der Waals surface area contributed by atoms with Gasteiger partial charge in [0.2, 0.25) is 5.95 Å². The molecule has 0 fully saturated rings. The van der Waals surface area contributed by atoms with Crippen molar-refractivity contribution >= 4 is 33.6 Å². The topological polar surface area (TPSA) is 82.7 Å². The molecule has 0 spiro atoms. The Morgan fingerprint density at radius 3 is 2.44 bits per heavy atom. The van der Waals surface area contributed by atoms with Crippen LogP contribution in [0, 0.1) is 0 Å². The van der Waals surface area contributed by atoms with Crippen molar-refractivity contribution in [2.24, 2.45) is 0 Å². The number of alkyl halides is 3. The van der Waals surface area contributed by atoms with E-state index in [1.807, 2.05) is 0 Å². The maximum absolute atomic E-state index is 13.3. The van der Waals surface area contributed by atoms with Gasteiger partial charge in [0.05, 0.1) is 27.7 Å². The first-order valence-corrected chi connectivity index (χ1v) is 7.35. The lowest BCUT2D eigenvalue weighted by molar-refractivity contribution is -0.137. The van der Waals surface area contributed by atoms with Gasteiger partial charge in [-0.1, -0.05) is 12.1 Å². The zero-order chi connectivity index (χ0) is 17.8. The number of nitrogens with zero attached hydrogens (tertiary/aromatic N) is 3. The van der Waals surface area contributed by atoms with Gasteiger partial charge < -0.3 is 16.0 Å². The molecule has 4 aromatic rings. The molecule has 0 unspecified atom stereocenters. The second kappa shape index (κ2) is 5.10. The van der Waals surface area contributed by atoms with Gasteiger partial charge in [0.25, 0.3) is 0 Å². The second-order valence-electron chi connectivity index (χ2n) is 5.56. The standard InChI is InChI=1S/C17H12F3N5/c18-17(19,20)10-3-1-2-4-13(10)25-8-7-9-12(25)6-5-11-14(9)15(21)24-16(22)23-11/h1-8H,(H4,21,22,23,24). The number of anilines is 2. The van der Waals surface area contributed by atoms with Crippen LogP contribution in [0.3, 0.4) is 0 Å². The van der Waals surface area contributed by atoms with Crippen LogP contribution in [0.2, 0.25) is 0 Å².